The highest BCUT2D eigenvalue weighted by molar-refractivity contribution is 14.0. The van der Waals surface area contributed by atoms with Crippen LogP contribution in [0, 0.1) is 0 Å². The van der Waals surface area contributed by atoms with Crippen LogP contribution in [0.4, 0.5) is 0 Å². The van der Waals surface area contributed by atoms with Gasteiger partial charge in [0.1, 0.15) is 5.82 Å². The summed E-state index contributed by atoms with van der Waals surface area (Å²) >= 11 is 1.81. The molecule has 2 N–H and O–H groups in total. The van der Waals surface area contributed by atoms with Crippen molar-refractivity contribution in [1.82, 2.24) is 20.2 Å². The number of rotatable bonds is 8. The number of benzene rings is 1. The Bertz CT molecular complexity index is 795. The van der Waals surface area contributed by atoms with Crippen LogP contribution in [-0.2, 0) is 12.8 Å². The summed E-state index contributed by atoms with van der Waals surface area (Å²) in [6.45, 7) is 4.75. The van der Waals surface area contributed by atoms with Gasteiger partial charge in [-0.25, -0.2) is 4.98 Å². The van der Waals surface area contributed by atoms with Crippen LogP contribution in [-0.4, -0.2) is 47.5 Å². The van der Waals surface area contributed by atoms with E-state index in [1.54, 1.807) is 0 Å². The molecule has 0 aliphatic carbocycles. The number of halogens is 1. The highest BCUT2D eigenvalue weighted by Gasteiger charge is 2.06. The van der Waals surface area contributed by atoms with E-state index in [4.69, 9.17) is 4.99 Å². The molecule has 5 nitrogen and oxygen atoms in total. The smallest absolute Gasteiger partial charge is 0.193 e. The molecule has 2 heterocycles. The summed E-state index contributed by atoms with van der Waals surface area (Å²) in [7, 11) is 2.11. The number of aliphatic imine (C=N–C) groups is 1. The van der Waals surface area contributed by atoms with Crippen LogP contribution < -0.4 is 5.32 Å². The van der Waals surface area contributed by atoms with Crippen LogP contribution in [0.5, 0.6) is 0 Å². The predicted molar refractivity (Wildman–Crippen MR) is 126 cm³/mol. The van der Waals surface area contributed by atoms with E-state index in [2.05, 4.69) is 57.7 Å². The van der Waals surface area contributed by atoms with Gasteiger partial charge in [-0.15, -0.1) is 35.3 Å². The third kappa shape index (κ3) is 6.49. The second-order valence-corrected chi connectivity index (χ2v) is 7.32. The highest BCUT2D eigenvalue weighted by Crippen LogP contribution is 2.11. The predicted octanol–water partition coefficient (Wildman–Crippen LogP) is 4.32. The zero-order chi connectivity index (χ0) is 18.2. The topological polar surface area (TPSA) is 56.3 Å². The van der Waals surface area contributed by atoms with Crippen molar-refractivity contribution in [2.45, 2.75) is 26.2 Å². The molecule has 0 aliphatic heterocycles. The maximum Gasteiger partial charge on any atom is 0.193 e. The second kappa shape index (κ2) is 11.3. The molecule has 0 amide bonds. The number of fused-ring (bicyclic) bond motifs is 1. The fourth-order valence-electron chi connectivity index (χ4n) is 2.86. The Labute approximate surface area is 182 Å². The van der Waals surface area contributed by atoms with Gasteiger partial charge in [0.05, 0.1) is 11.0 Å². The van der Waals surface area contributed by atoms with Gasteiger partial charge in [-0.05, 0) is 43.3 Å². The van der Waals surface area contributed by atoms with Gasteiger partial charge < -0.3 is 15.2 Å². The lowest BCUT2D eigenvalue weighted by Crippen LogP contribution is -2.40. The Balaban J connectivity index is 0.00000261. The van der Waals surface area contributed by atoms with E-state index < -0.39 is 0 Å². The lowest BCUT2D eigenvalue weighted by molar-refractivity contribution is 0.486. The van der Waals surface area contributed by atoms with Gasteiger partial charge in [-0.2, -0.15) is 0 Å². The molecule has 0 atom stereocenters. The molecule has 0 radical (unpaired) electrons. The van der Waals surface area contributed by atoms with E-state index >= 15 is 0 Å². The molecule has 3 rings (SSSR count). The summed E-state index contributed by atoms with van der Waals surface area (Å²) in [6, 6.07) is 12.5. The van der Waals surface area contributed by atoms with Gasteiger partial charge in [0.15, 0.2) is 5.96 Å². The van der Waals surface area contributed by atoms with Crippen molar-refractivity contribution in [3.05, 3.63) is 52.5 Å². The Hall–Kier alpha value is -1.61. The van der Waals surface area contributed by atoms with Crippen molar-refractivity contribution in [3.8, 4) is 0 Å². The molecule has 3 aromatic rings. The number of para-hydroxylation sites is 2. The minimum Gasteiger partial charge on any atom is -0.357 e. The summed E-state index contributed by atoms with van der Waals surface area (Å²) in [5, 5.41) is 5.52. The average molecular weight is 497 g/mol. The first-order valence-electron chi connectivity index (χ1n) is 9.21. The van der Waals surface area contributed by atoms with Gasteiger partial charge in [0, 0.05) is 38.0 Å². The van der Waals surface area contributed by atoms with Gasteiger partial charge in [-0.3, -0.25) is 4.99 Å². The van der Waals surface area contributed by atoms with E-state index in [0.717, 1.165) is 61.7 Å². The number of hydrogen-bond acceptors (Lipinski definition) is 3. The van der Waals surface area contributed by atoms with E-state index in [0.29, 0.717) is 0 Å². The first-order chi connectivity index (χ1) is 12.8. The SMILES string of the molecule is CCNC(=NCCCc1nc2ccccc2[nH]1)N(C)CCc1cccs1.I. The average Bonchev–Trinajstić information content (AvgIpc) is 3.31. The number of nitrogens with zero attached hydrogens (tertiary/aromatic N) is 3. The number of nitrogens with one attached hydrogen (secondary N) is 2. The van der Waals surface area contributed by atoms with Crippen LogP contribution in [0.25, 0.3) is 11.0 Å². The molecule has 0 bridgehead atoms. The maximum absolute atomic E-state index is 4.78. The molecule has 0 saturated heterocycles. The monoisotopic (exact) mass is 497 g/mol. The Morgan fingerprint density at radius 3 is 2.81 bits per heavy atom. The largest absolute Gasteiger partial charge is 0.357 e. The standard InChI is InChI=1S/C20H27N5S.HI/c1-3-21-20(25(2)14-12-16-8-7-15-26-16)22-13-6-11-19-23-17-9-4-5-10-18(17)24-19;/h4-5,7-10,15H,3,6,11-14H2,1-2H3,(H,21,22)(H,23,24);1H. The van der Waals surface area contributed by atoms with Crippen LogP contribution in [0.1, 0.15) is 24.0 Å². The molecule has 0 aliphatic rings. The van der Waals surface area contributed by atoms with Crippen molar-refractivity contribution >= 4 is 52.3 Å². The van der Waals surface area contributed by atoms with Crippen molar-refractivity contribution in [2.75, 3.05) is 26.7 Å². The number of thiophene rings is 1. The van der Waals surface area contributed by atoms with Crippen molar-refractivity contribution in [2.24, 2.45) is 4.99 Å². The van der Waals surface area contributed by atoms with E-state index in [1.165, 1.54) is 4.88 Å². The zero-order valence-electron chi connectivity index (χ0n) is 15.9. The third-order valence-corrected chi connectivity index (χ3v) is 5.18. The minimum absolute atomic E-state index is 0. The number of imidazole rings is 1. The summed E-state index contributed by atoms with van der Waals surface area (Å²) in [6.07, 6.45) is 2.95. The van der Waals surface area contributed by atoms with Gasteiger partial charge in [-0.1, -0.05) is 18.2 Å². The quantitative estimate of drug-likeness (QED) is 0.211. The number of aryl methyl sites for hydroxylation is 1. The lowest BCUT2D eigenvalue weighted by Gasteiger charge is -2.21. The third-order valence-electron chi connectivity index (χ3n) is 4.24. The van der Waals surface area contributed by atoms with Crippen molar-refractivity contribution in [3.63, 3.8) is 0 Å². The Morgan fingerprint density at radius 1 is 1.22 bits per heavy atom. The van der Waals surface area contributed by atoms with Crippen LogP contribution in [0.15, 0.2) is 46.8 Å². The molecule has 27 heavy (non-hydrogen) atoms. The Kier molecular flexibility index (Phi) is 9.06. The number of aromatic amines is 1. The summed E-state index contributed by atoms with van der Waals surface area (Å²) in [4.78, 5) is 16.4. The van der Waals surface area contributed by atoms with Crippen LogP contribution >= 0.6 is 35.3 Å². The Morgan fingerprint density at radius 2 is 2.07 bits per heavy atom. The molecular formula is C20H28IN5S. The van der Waals surface area contributed by atoms with Gasteiger partial charge in [0.2, 0.25) is 0 Å². The summed E-state index contributed by atoms with van der Waals surface area (Å²) in [5.74, 6) is 2.02. The zero-order valence-corrected chi connectivity index (χ0v) is 19.1. The molecular weight excluding hydrogens is 469 g/mol. The summed E-state index contributed by atoms with van der Waals surface area (Å²) in [5.41, 5.74) is 2.14. The number of guanidine groups is 1. The molecule has 2 aromatic heterocycles. The number of hydrogen-bond donors (Lipinski definition) is 2. The lowest BCUT2D eigenvalue weighted by atomic mass is 10.3. The number of likely N-dealkylation sites (N-methyl/N-ethyl adjacent to an activating group) is 1. The van der Waals surface area contributed by atoms with Crippen molar-refractivity contribution < 1.29 is 0 Å². The highest BCUT2D eigenvalue weighted by atomic mass is 127. The molecule has 0 fully saturated rings. The molecule has 0 saturated carbocycles. The van der Waals surface area contributed by atoms with Crippen molar-refractivity contribution in [1.29, 1.82) is 0 Å². The van der Waals surface area contributed by atoms with E-state index in [-0.39, 0.29) is 24.0 Å². The molecule has 1 aromatic carbocycles. The van der Waals surface area contributed by atoms with E-state index in [1.807, 2.05) is 29.5 Å². The number of H-pyrrole nitrogens is 1. The van der Waals surface area contributed by atoms with Crippen LogP contribution in [0.2, 0.25) is 0 Å². The maximum atomic E-state index is 4.78. The van der Waals surface area contributed by atoms with E-state index in [9.17, 15) is 0 Å². The fraction of sp³-hybridized carbons (Fsp3) is 0.400. The number of aromatic nitrogens is 2. The summed E-state index contributed by atoms with van der Waals surface area (Å²) < 4.78 is 0. The molecule has 0 spiro atoms. The molecule has 7 heteroatoms. The first-order valence-corrected chi connectivity index (χ1v) is 10.1. The minimum atomic E-state index is 0. The molecule has 146 valence electrons. The first kappa shape index (κ1) is 21.7. The van der Waals surface area contributed by atoms with Gasteiger partial charge >= 0.3 is 0 Å². The van der Waals surface area contributed by atoms with Gasteiger partial charge in [0.25, 0.3) is 0 Å². The molecule has 0 unspecified atom stereocenters. The second-order valence-electron chi connectivity index (χ2n) is 6.29. The van der Waals surface area contributed by atoms with Crippen LogP contribution in [0.3, 0.4) is 0 Å². The normalized spacial score (nSPS) is 11.4. The fourth-order valence-corrected chi connectivity index (χ4v) is 3.56.